The molecule has 0 bridgehead atoms. The summed E-state index contributed by atoms with van der Waals surface area (Å²) in [6.07, 6.45) is 0. The van der Waals surface area contributed by atoms with Gasteiger partial charge in [0.25, 0.3) is 0 Å². The van der Waals surface area contributed by atoms with Crippen LogP contribution in [-0.4, -0.2) is 12.5 Å². The van der Waals surface area contributed by atoms with Crippen molar-refractivity contribution in [1.82, 2.24) is 0 Å². The summed E-state index contributed by atoms with van der Waals surface area (Å²) < 4.78 is 5.77. The first-order valence-corrected chi connectivity index (χ1v) is 8.63. The summed E-state index contributed by atoms with van der Waals surface area (Å²) in [5, 5.41) is 6.44. The predicted octanol–water partition coefficient (Wildman–Crippen LogP) is 4.97. The van der Waals surface area contributed by atoms with Crippen molar-refractivity contribution >= 4 is 28.9 Å². The Bertz CT molecular complexity index is 869. The van der Waals surface area contributed by atoms with Crippen LogP contribution >= 0.6 is 11.6 Å². The van der Waals surface area contributed by atoms with Crippen LogP contribution in [0.3, 0.4) is 0 Å². The second-order valence-electron chi connectivity index (χ2n) is 5.68. The van der Waals surface area contributed by atoms with Gasteiger partial charge in [-0.1, -0.05) is 60.1 Å². The first kappa shape index (κ1) is 17.8. The Morgan fingerprint density at radius 1 is 0.923 bits per heavy atom. The molecule has 4 nitrogen and oxygen atoms in total. The van der Waals surface area contributed by atoms with Crippen LogP contribution in [0.25, 0.3) is 0 Å². The van der Waals surface area contributed by atoms with E-state index in [0.717, 1.165) is 11.3 Å². The fourth-order valence-corrected chi connectivity index (χ4v) is 2.59. The van der Waals surface area contributed by atoms with Gasteiger partial charge in [-0.15, -0.1) is 0 Å². The van der Waals surface area contributed by atoms with Gasteiger partial charge in [-0.25, -0.2) is 0 Å². The zero-order chi connectivity index (χ0) is 18.2. The monoisotopic (exact) mass is 366 g/mol. The summed E-state index contributed by atoms with van der Waals surface area (Å²) in [7, 11) is 0. The van der Waals surface area contributed by atoms with E-state index in [-0.39, 0.29) is 12.5 Å². The van der Waals surface area contributed by atoms with E-state index in [0.29, 0.717) is 23.1 Å². The summed E-state index contributed by atoms with van der Waals surface area (Å²) in [5.41, 5.74) is 2.50. The number of rotatable bonds is 7. The molecule has 0 aliphatic heterocycles. The lowest BCUT2D eigenvalue weighted by atomic mass is 10.2. The maximum atomic E-state index is 12.1. The van der Waals surface area contributed by atoms with Gasteiger partial charge in [0.2, 0.25) is 5.91 Å². The van der Waals surface area contributed by atoms with E-state index >= 15 is 0 Å². The van der Waals surface area contributed by atoms with E-state index in [2.05, 4.69) is 10.6 Å². The molecule has 0 saturated carbocycles. The summed E-state index contributed by atoms with van der Waals surface area (Å²) in [6, 6.07) is 24.6. The minimum absolute atomic E-state index is 0.124. The molecular formula is C21H19ClN2O2. The van der Waals surface area contributed by atoms with Gasteiger partial charge in [-0.3, -0.25) is 4.79 Å². The Labute approximate surface area is 157 Å². The van der Waals surface area contributed by atoms with Crippen molar-refractivity contribution in [3.8, 4) is 5.75 Å². The second kappa shape index (κ2) is 8.92. The third-order valence-electron chi connectivity index (χ3n) is 3.68. The molecular weight excluding hydrogens is 348 g/mol. The second-order valence-corrected chi connectivity index (χ2v) is 6.09. The number of carbonyl (C=O) groups excluding carboxylic acids is 1. The number of para-hydroxylation sites is 1. The van der Waals surface area contributed by atoms with Crippen LogP contribution < -0.4 is 15.4 Å². The number of carbonyl (C=O) groups is 1. The molecule has 132 valence electrons. The molecule has 0 aliphatic rings. The van der Waals surface area contributed by atoms with E-state index in [1.54, 1.807) is 12.1 Å². The highest BCUT2D eigenvalue weighted by molar-refractivity contribution is 6.33. The van der Waals surface area contributed by atoms with Crippen LogP contribution in [0.2, 0.25) is 5.02 Å². The van der Waals surface area contributed by atoms with Gasteiger partial charge in [0.1, 0.15) is 12.4 Å². The molecule has 0 aromatic heterocycles. The molecule has 0 saturated heterocycles. The number of halogens is 1. The van der Waals surface area contributed by atoms with Gasteiger partial charge in [-0.2, -0.15) is 0 Å². The zero-order valence-corrected chi connectivity index (χ0v) is 14.9. The Balaban J connectivity index is 1.53. The zero-order valence-electron chi connectivity index (χ0n) is 14.1. The lowest BCUT2D eigenvalue weighted by Gasteiger charge is -2.11. The van der Waals surface area contributed by atoms with E-state index in [1.165, 1.54) is 0 Å². The molecule has 0 spiro atoms. The highest BCUT2D eigenvalue weighted by atomic mass is 35.5. The molecule has 1 amide bonds. The molecule has 5 heteroatoms. The average molecular weight is 367 g/mol. The number of amides is 1. The fraction of sp³-hybridized carbons (Fsp3) is 0.0952. The first-order valence-electron chi connectivity index (χ1n) is 8.26. The van der Waals surface area contributed by atoms with Gasteiger partial charge in [-0.05, 0) is 29.8 Å². The number of benzene rings is 3. The lowest BCUT2D eigenvalue weighted by molar-refractivity contribution is -0.114. The smallest absolute Gasteiger partial charge is 0.243 e. The number of hydrogen-bond donors (Lipinski definition) is 2. The van der Waals surface area contributed by atoms with Crippen LogP contribution in [0, 0.1) is 0 Å². The summed E-state index contributed by atoms with van der Waals surface area (Å²) in [5.74, 6) is 0.538. The minimum atomic E-state index is -0.162. The molecule has 0 heterocycles. The standard InChI is InChI=1S/C21H19ClN2O2/c22-19-11-4-5-12-20(19)23-14-21(25)24-17-9-6-10-18(13-17)26-15-16-7-2-1-3-8-16/h1-13,23H,14-15H2,(H,24,25). The molecule has 26 heavy (non-hydrogen) atoms. The minimum Gasteiger partial charge on any atom is -0.489 e. The van der Waals surface area contributed by atoms with Gasteiger partial charge in [0.15, 0.2) is 0 Å². The van der Waals surface area contributed by atoms with Crippen LogP contribution in [-0.2, 0) is 11.4 Å². The Morgan fingerprint density at radius 2 is 1.69 bits per heavy atom. The summed E-state index contributed by atoms with van der Waals surface area (Å²) in [4.78, 5) is 12.1. The van der Waals surface area contributed by atoms with Crippen LogP contribution in [0.15, 0.2) is 78.9 Å². The Hall–Kier alpha value is -2.98. The van der Waals surface area contributed by atoms with Gasteiger partial charge in [0, 0.05) is 11.8 Å². The van der Waals surface area contributed by atoms with Gasteiger partial charge in [0.05, 0.1) is 17.3 Å². The highest BCUT2D eigenvalue weighted by Gasteiger charge is 2.05. The van der Waals surface area contributed by atoms with Crippen LogP contribution in [0.4, 0.5) is 11.4 Å². The van der Waals surface area contributed by atoms with Crippen molar-refractivity contribution < 1.29 is 9.53 Å². The van der Waals surface area contributed by atoms with Crippen molar-refractivity contribution in [3.63, 3.8) is 0 Å². The number of hydrogen-bond acceptors (Lipinski definition) is 3. The lowest BCUT2D eigenvalue weighted by Crippen LogP contribution is -2.21. The largest absolute Gasteiger partial charge is 0.489 e. The van der Waals surface area contributed by atoms with E-state index in [9.17, 15) is 4.79 Å². The molecule has 3 aromatic rings. The van der Waals surface area contributed by atoms with Crippen molar-refractivity contribution in [2.24, 2.45) is 0 Å². The SMILES string of the molecule is O=C(CNc1ccccc1Cl)Nc1cccc(OCc2ccccc2)c1. The van der Waals surface area contributed by atoms with Crippen LogP contribution in [0.5, 0.6) is 5.75 Å². The van der Waals surface area contributed by atoms with E-state index in [1.807, 2.05) is 66.7 Å². The molecule has 2 N–H and O–H groups in total. The summed E-state index contributed by atoms with van der Waals surface area (Å²) in [6.45, 7) is 0.602. The Morgan fingerprint density at radius 3 is 2.50 bits per heavy atom. The highest BCUT2D eigenvalue weighted by Crippen LogP contribution is 2.21. The van der Waals surface area contributed by atoms with E-state index < -0.39 is 0 Å². The number of nitrogens with one attached hydrogen (secondary N) is 2. The van der Waals surface area contributed by atoms with E-state index in [4.69, 9.17) is 16.3 Å². The van der Waals surface area contributed by atoms with Crippen molar-refractivity contribution in [2.75, 3.05) is 17.2 Å². The first-order chi connectivity index (χ1) is 12.7. The molecule has 0 unspecified atom stereocenters. The molecule has 0 radical (unpaired) electrons. The maximum absolute atomic E-state index is 12.1. The van der Waals surface area contributed by atoms with Gasteiger partial charge >= 0.3 is 0 Å². The average Bonchev–Trinajstić information content (AvgIpc) is 2.67. The third-order valence-corrected chi connectivity index (χ3v) is 4.01. The van der Waals surface area contributed by atoms with Crippen molar-refractivity contribution in [3.05, 3.63) is 89.4 Å². The fourth-order valence-electron chi connectivity index (χ4n) is 2.39. The Kier molecular flexibility index (Phi) is 6.12. The van der Waals surface area contributed by atoms with Crippen molar-refractivity contribution in [1.29, 1.82) is 0 Å². The summed E-state index contributed by atoms with van der Waals surface area (Å²) >= 11 is 6.06. The molecule has 0 aliphatic carbocycles. The molecule has 0 atom stereocenters. The predicted molar refractivity (Wildman–Crippen MR) is 106 cm³/mol. The maximum Gasteiger partial charge on any atom is 0.243 e. The number of anilines is 2. The molecule has 3 aromatic carbocycles. The van der Waals surface area contributed by atoms with Crippen LogP contribution in [0.1, 0.15) is 5.56 Å². The third kappa shape index (κ3) is 5.26. The van der Waals surface area contributed by atoms with Crippen molar-refractivity contribution in [2.45, 2.75) is 6.61 Å². The molecule has 3 rings (SSSR count). The quantitative estimate of drug-likeness (QED) is 0.620. The normalized spacial score (nSPS) is 10.2. The topological polar surface area (TPSA) is 50.4 Å². The number of ether oxygens (including phenoxy) is 1. The van der Waals surface area contributed by atoms with Gasteiger partial charge < -0.3 is 15.4 Å². The molecule has 0 fully saturated rings.